The molecule has 1 saturated heterocycles. The lowest BCUT2D eigenvalue weighted by atomic mass is 10.1. The number of guanidine groups is 1. The van der Waals surface area contributed by atoms with Crippen LogP contribution in [0, 0.1) is 6.92 Å². The van der Waals surface area contributed by atoms with Crippen LogP contribution in [0.4, 0.5) is 0 Å². The van der Waals surface area contributed by atoms with Gasteiger partial charge in [-0.05, 0) is 37.8 Å². The molecule has 0 amide bonds. The van der Waals surface area contributed by atoms with Crippen LogP contribution in [-0.2, 0) is 11.3 Å². The van der Waals surface area contributed by atoms with E-state index in [2.05, 4.69) is 45.7 Å². The number of thiazole rings is 1. The highest BCUT2D eigenvalue weighted by Crippen LogP contribution is 2.22. The van der Waals surface area contributed by atoms with Gasteiger partial charge in [0.15, 0.2) is 5.96 Å². The molecule has 1 aromatic heterocycles. The molecule has 8 heteroatoms. The molecule has 0 bridgehead atoms. The number of aliphatic imine (C=N–C) groups is 1. The van der Waals surface area contributed by atoms with Crippen LogP contribution in [0.1, 0.15) is 30.4 Å². The molecule has 0 spiro atoms. The van der Waals surface area contributed by atoms with E-state index in [1.54, 1.807) is 30.1 Å². The van der Waals surface area contributed by atoms with Crippen molar-refractivity contribution in [3.8, 4) is 5.75 Å². The fraction of sp³-hybridized carbons (Fsp3) is 0.524. The zero-order valence-electron chi connectivity index (χ0n) is 17.1. The van der Waals surface area contributed by atoms with Gasteiger partial charge in [-0.3, -0.25) is 4.99 Å². The van der Waals surface area contributed by atoms with Gasteiger partial charge in [0.05, 0.1) is 6.10 Å². The van der Waals surface area contributed by atoms with Gasteiger partial charge in [0.25, 0.3) is 0 Å². The third-order valence-electron chi connectivity index (χ3n) is 4.59. The summed E-state index contributed by atoms with van der Waals surface area (Å²) in [4.78, 5) is 8.61. The van der Waals surface area contributed by atoms with Crippen molar-refractivity contribution in [2.75, 3.05) is 32.6 Å². The summed E-state index contributed by atoms with van der Waals surface area (Å²) in [6, 6.07) is 6.32. The number of benzene rings is 1. The van der Waals surface area contributed by atoms with Gasteiger partial charge in [-0.15, -0.1) is 11.3 Å². The summed E-state index contributed by atoms with van der Waals surface area (Å²) in [6.07, 6.45) is 5.32. The van der Waals surface area contributed by atoms with E-state index in [-0.39, 0.29) is 6.10 Å². The quantitative estimate of drug-likeness (QED) is 0.256. The first-order chi connectivity index (χ1) is 14.2. The Morgan fingerprint density at radius 1 is 1.41 bits per heavy atom. The Morgan fingerprint density at radius 2 is 2.34 bits per heavy atom. The third kappa shape index (κ3) is 7.53. The second-order valence-electron chi connectivity index (χ2n) is 6.91. The average Bonchev–Trinajstić information content (AvgIpc) is 3.43. The summed E-state index contributed by atoms with van der Waals surface area (Å²) in [6.45, 7) is 5.07. The van der Waals surface area contributed by atoms with E-state index in [1.165, 1.54) is 5.56 Å². The molecular weight excluding hydrogens is 404 g/mol. The minimum atomic E-state index is 0.216. The topological polar surface area (TPSA) is 67.8 Å². The van der Waals surface area contributed by atoms with Crippen LogP contribution >= 0.6 is 23.1 Å². The van der Waals surface area contributed by atoms with E-state index in [4.69, 9.17) is 9.47 Å². The standard InChI is InChI=1S/C21H30N4O2S2/c1-16-6-7-17(19(13-16)27-15-18-5-3-10-26-18)14-25-20(22-2)23-8-4-11-28-21-24-9-12-29-21/h6-7,9,12-13,18H,3-5,8,10-11,14-15H2,1-2H3,(H2,22,23,25). The largest absolute Gasteiger partial charge is 0.491 e. The molecular formula is C21H30N4O2S2. The first-order valence-electron chi connectivity index (χ1n) is 10.1. The van der Waals surface area contributed by atoms with E-state index in [0.717, 1.165) is 59.8 Å². The number of thioether (sulfide) groups is 1. The van der Waals surface area contributed by atoms with Gasteiger partial charge in [0.1, 0.15) is 16.7 Å². The van der Waals surface area contributed by atoms with Crippen molar-refractivity contribution in [3.63, 3.8) is 0 Å². The van der Waals surface area contributed by atoms with E-state index in [1.807, 2.05) is 11.6 Å². The first-order valence-corrected chi connectivity index (χ1v) is 11.9. The van der Waals surface area contributed by atoms with Crippen molar-refractivity contribution in [2.24, 2.45) is 4.99 Å². The molecule has 2 aromatic rings. The number of hydrogen-bond donors (Lipinski definition) is 2. The van der Waals surface area contributed by atoms with Crippen molar-refractivity contribution < 1.29 is 9.47 Å². The van der Waals surface area contributed by atoms with Gasteiger partial charge in [0, 0.05) is 49.6 Å². The normalized spacial score (nSPS) is 16.8. The predicted octanol–water partition coefficient (Wildman–Crippen LogP) is 3.86. The van der Waals surface area contributed by atoms with Crippen LogP contribution in [0.2, 0.25) is 0 Å². The van der Waals surface area contributed by atoms with Gasteiger partial charge < -0.3 is 20.1 Å². The Hall–Kier alpha value is -1.77. The van der Waals surface area contributed by atoms with Crippen molar-refractivity contribution in [3.05, 3.63) is 40.9 Å². The minimum absolute atomic E-state index is 0.216. The fourth-order valence-corrected chi connectivity index (χ4v) is 4.67. The number of nitrogens with one attached hydrogen (secondary N) is 2. The fourth-order valence-electron chi connectivity index (χ4n) is 3.02. The van der Waals surface area contributed by atoms with Crippen LogP contribution < -0.4 is 15.4 Å². The minimum Gasteiger partial charge on any atom is -0.491 e. The lowest BCUT2D eigenvalue weighted by Gasteiger charge is -2.17. The zero-order chi connectivity index (χ0) is 20.3. The second kappa shape index (κ2) is 12.0. The number of aryl methyl sites for hydroxylation is 1. The SMILES string of the molecule is CN=C(NCCCSc1nccs1)NCc1ccc(C)cc1OCC1CCCO1. The third-order valence-corrected chi connectivity index (χ3v) is 6.64. The molecule has 0 aliphatic carbocycles. The zero-order valence-corrected chi connectivity index (χ0v) is 18.8. The molecule has 0 saturated carbocycles. The molecule has 2 N–H and O–H groups in total. The molecule has 1 fully saturated rings. The predicted molar refractivity (Wildman–Crippen MR) is 121 cm³/mol. The summed E-state index contributed by atoms with van der Waals surface area (Å²) in [5.74, 6) is 2.76. The number of ether oxygens (including phenoxy) is 2. The molecule has 0 radical (unpaired) electrons. The van der Waals surface area contributed by atoms with Gasteiger partial charge in [0.2, 0.25) is 0 Å². The Balaban J connectivity index is 1.42. The maximum atomic E-state index is 6.08. The highest BCUT2D eigenvalue weighted by atomic mass is 32.2. The summed E-state index contributed by atoms with van der Waals surface area (Å²) < 4.78 is 12.9. The number of aromatic nitrogens is 1. The Bertz CT molecular complexity index is 762. The molecule has 29 heavy (non-hydrogen) atoms. The molecule has 6 nitrogen and oxygen atoms in total. The van der Waals surface area contributed by atoms with Crippen LogP contribution in [0.3, 0.4) is 0 Å². The molecule has 1 aliphatic heterocycles. The molecule has 1 aliphatic rings. The van der Waals surface area contributed by atoms with Crippen LogP contribution in [-0.4, -0.2) is 49.6 Å². The molecule has 158 valence electrons. The molecule has 3 rings (SSSR count). The Morgan fingerprint density at radius 3 is 3.10 bits per heavy atom. The number of nitrogens with zero attached hydrogens (tertiary/aromatic N) is 2. The number of hydrogen-bond acceptors (Lipinski definition) is 6. The smallest absolute Gasteiger partial charge is 0.191 e. The molecule has 1 atom stereocenters. The van der Waals surface area contributed by atoms with Crippen LogP contribution in [0.15, 0.2) is 39.1 Å². The summed E-state index contributed by atoms with van der Waals surface area (Å²) in [7, 11) is 1.80. The van der Waals surface area contributed by atoms with Crippen LogP contribution in [0.5, 0.6) is 5.75 Å². The summed E-state index contributed by atoms with van der Waals surface area (Å²) in [5, 5.41) is 8.77. The first kappa shape index (κ1) is 21.9. The molecule has 2 heterocycles. The lowest BCUT2D eigenvalue weighted by molar-refractivity contribution is 0.0676. The monoisotopic (exact) mass is 434 g/mol. The molecule has 1 unspecified atom stereocenters. The van der Waals surface area contributed by atoms with E-state index >= 15 is 0 Å². The second-order valence-corrected chi connectivity index (χ2v) is 9.15. The van der Waals surface area contributed by atoms with E-state index in [0.29, 0.717) is 13.2 Å². The van der Waals surface area contributed by atoms with Crippen LogP contribution in [0.25, 0.3) is 0 Å². The summed E-state index contributed by atoms with van der Waals surface area (Å²) >= 11 is 3.48. The average molecular weight is 435 g/mol. The maximum absolute atomic E-state index is 6.08. The van der Waals surface area contributed by atoms with Gasteiger partial charge >= 0.3 is 0 Å². The molecule has 1 aromatic carbocycles. The van der Waals surface area contributed by atoms with Crippen molar-refractivity contribution in [1.29, 1.82) is 0 Å². The summed E-state index contributed by atoms with van der Waals surface area (Å²) in [5.41, 5.74) is 2.31. The van der Waals surface area contributed by atoms with Crippen molar-refractivity contribution in [1.82, 2.24) is 15.6 Å². The van der Waals surface area contributed by atoms with Gasteiger partial charge in [-0.2, -0.15) is 0 Å². The lowest BCUT2D eigenvalue weighted by Crippen LogP contribution is -2.37. The highest BCUT2D eigenvalue weighted by molar-refractivity contribution is 8.00. The highest BCUT2D eigenvalue weighted by Gasteiger charge is 2.17. The van der Waals surface area contributed by atoms with E-state index < -0.39 is 0 Å². The van der Waals surface area contributed by atoms with E-state index in [9.17, 15) is 0 Å². The maximum Gasteiger partial charge on any atom is 0.191 e. The van der Waals surface area contributed by atoms with Gasteiger partial charge in [-0.25, -0.2) is 4.98 Å². The van der Waals surface area contributed by atoms with Gasteiger partial charge in [-0.1, -0.05) is 23.9 Å². The Labute approximate surface area is 181 Å². The van der Waals surface area contributed by atoms with Crippen molar-refractivity contribution in [2.45, 2.75) is 43.2 Å². The number of rotatable bonds is 10. The van der Waals surface area contributed by atoms with Crippen molar-refractivity contribution >= 4 is 29.1 Å². The Kier molecular flexibility index (Phi) is 9.11.